The van der Waals surface area contributed by atoms with E-state index < -0.39 is 11.4 Å². The van der Waals surface area contributed by atoms with Crippen LogP contribution in [0.5, 0.6) is 0 Å². The van der Waals surface area contributed by atoms with E-state index >= 15 is 0 Å². The Labute approximate surface area is 85.4 Å². The average Bonchev–Trinajstić information content (AvgIpc) is 2.19. The maximum absolute atomic E-state index is 12.8. The first-order valence-corrected chi connectivity index (χ1v) is 4.85. The van der Waals surface area contributed by atoms with Gasteiger partial charge in [0.25, 0.3) is 0 Å². The molecule has 0 aliphatic heterocycles. The quantitative estimate of drug-likeness (QED) is 0.474. The zero-order valence-electron chi connectivity index (χ0n) is 7.36. The molecular weight excluding hydrogens is 206 g/mol. The lowest BCUT2D eigenvalue weighted by molar-refractivity contribution is -0.0237. The van der Waals surface area contributed by atoms with Gasteiger partial charge in [-0.15, -0.1) is 0 Å². The molecule has 4 heteroatoms. The molecule has 1 atom stereocenters. The van der Waals surface area contributed by atoms with Crippen molar-refractivity contribution >= 4 is 11.8 Å². The van der Waals surface area contributed by atoms with Crippen molar-refractivity contribution in [2.75, 3.05) is 0 Å². The van der Waals surface area contributed by atoms with Crippen molar-refractivity contribution in [3.05, 3.63) is 43.0 Å². The Bertz CT molecular complexity index is 300. The van der Waals surface area contributed by atoms with Crippen molar-refractivity contribution in [3.8, 4) is 0 Å². The minimum absolute atomic E-state index is 0.452. The van der Waals surface area contributed by atoms with Gasteiger partial charge in [-0.25, -0.2) is 0 Å². The predicted molar refractivity (Wildman–Crippen MR) is 53.4 cm³/mol. The summed E-state index contributed by atoms with van der Waals surface area (Å²) < 4.78 is 25.7. The van der Waals surface area contributed by atoms with Gasteiger partial charge in [-0.1, -0.05) is 36.5 Å². The summed E-state index contributed by atoms with van der Waals surface area (Å²) in [5.41, 5.74) is -1.79. The van der Waals surface area contributed by atoms with Crippen molar-refractivity contribution < 1.29 is 13.9 Å². The number of aliphatic hydroxyl groups is 1. The van der Waals surface area contributed by atoms with Crippen LogP contribution in [0.3, 0.4) is 0 Å². The SMILES string of the molecule is C=CC(F)(F)C(O)Sc1ccccc1. The standard InChI is InChI=1S/C10H10F2OS/c1-2-10(11,12)9(13)14-8-6-4-3-5-7-8/h2-7,9,13H,1H2. The number of halogens is 2. The Balaban J connectivity index is 2.66. The third-order valence-electron chi connectivity index (χ3n) is 1.59. The first-order chi connectivity index (χ1) is 6.56. The van der Waals surface area contributed by atoms with Crippen LogP contribution in [0.1, 0.15) is 0 Å². The monoisotopic (exact) mass is 216 g/mol. The van der Waals surface area contributed by atoms with Gasteiger partial charge in [0.2, 0.25) is 0 Å². The fourth-order valence-electron chi connectivity index (χ4n) is 0.807. The smallest absolute Gasteiger partial charge is 0.301 e. The second-order valence-corrected chi connectivity index (χ2v) is 3.82. The van der Waals surface area contributed by atoms with Crippen LogP contribution in [0.2, 0.25) is 0 Å². The molecule has 0 aliphatic carbocycles. The fourth-order valence-corrected chi connectivity index (χ4v) is 1.63. The van der Waals surface area contributed by atoms with Gasteiger partial charge in [-0.3, -0.25) is 0 Å². The van der Waals surface area contributed by atoms with Gasteiger partial charge >= 0.3 is 5.92 Å². The van der Waals surface area contributed by atoms with E-state index in [1.807, 2.05) is 0 Å². The van der Waals surface area contributed by atoms with Gasteiger partial charge in [0, 0.05) is 4.90 Å². The highest BCUT2D eigenvalue weighted by Crippen LogP contribution is 2.32. The highest BCUT2D eigenvalue weighted by Gasteiger charge is 2.35. The molecule has 0 bridgehead atoms. The lowest BCUT2D eigenvalue weighted by atomic mass is 10.3. The molecule has 1 rings (SSSR count). The van der Waals surface area contributed by atoms with E-state index in [1.165, 1.54) is 0 Å². The summed E-state index contributed by atoms with van der Waals surface area (Å²) in [5.74, 6) is -3.26. The summed E-state index contributed by atoms with van der Waals surface area (Å²) in [6, 6.07) is 8.55. The minimum Gasteiger partial charge on any atom is -0.376 e. The molecule has 0 spiro atoms. The van der Waals surface area contributed by atoms with Crippen molar-refractivity contribution in [1.82, 2.24) is 0 Å². The normalized spacial score (nSPS) is 13.6. The number of rotatable bonds is 4. The second-order valence-electron chi connectivity index (χ2n) is 2.66. The third-order valence-corrected chi connectivity index (χ3v) is 2.67. The van der Waals surface area contributed by atoms with E-state index in [0.717, 1.165) is 0 Å². The molecule has 0 aromatic heterocycles. The van der Waals surface area contributed by atoms with Crippen LogP contribution >= 0.6 is 11.8 Å². The number of hydrogen-bond donors (Lipinski definition) is 1. The van der Waals surface area contributed by atoms with Gasteiger partial charge < -0.3 is 5.11 Å². The fraction of sp³-hybridized carbons (Fsp3) is 0.200. The molecule has 0 amide bonds. The van der Waals surface area contributed by atoms with E-state index in [4.69, 9.17) is 0 Å². The molecule has 1 aromatic carbocycles. The molecule has 76 valence electrons. The number of benzene rings is 1. The molecule has 1 unspecified atom stereocenters. The van der Waals surface area contributed by atoms with Crippen LogP contribution in [0, 0.1) is 0 Å². The van der Waals surface area contributed by atoms with Crippen molar-refractivity contribution in [2.24, 2.45) is 0 Å². The first kappa shape index (κ1) is 11.2. The van der Waals surface area contributed by atoms with E-state index in [0.29, 0.717) is 22.7 Å². The molecular formula is C10H10F2OS. The number of aliphatic hydroxyl groups excluding tert-OH is 1. The molecule has 0 radical (unpaired) electrons. The van der Waals surface area contributed by atoms with Crippen molar-refractivity contribution in [2.45, 2.75) is 16.3 Å². The van der Waals surface area contributed by atoms with Crippen LogP contribution in [0.15, 0.2) is 47.9 Å². The third kappa shape index (κ3) is 2.82. The lowest BCUT2D eigenvalue weighted by Gasteiger charge is -2.17. The van der Waals surface area contributed by atoms with Crippen LogP contribution in [-0.2, 0) is 0 Å². The maximum atomic E-state index is 12.8. The highest BCUT2D eigenvalue weighted by molar-refractivity contribution is 7.99. The lowest BCUT2D eigenvalue weighted by Crippen LogP contribution is -2.27. The number of thioether (sulfide) groups is 1. The highest BCUT2D eigenvalue weighted by atomic mass is 32.2. The first-order valence-electron chi connectivity index (χ1n) is 3.97. The molecule has 0 fully saturated rings. The average molecular weight is 216 g/mol. The van der Waals surface area contributed by atoms with E-state index in [-0.39, 0.29) is 0 Å². The van der Waals surface area contributed by atoms with Crippen molar-refractivity contribution in [1.29, 1.82) is 0 Å². The van der Waals surface area contributed by atoms with Gasteiger partial charge in [-0.2, -0.15) is 8.78 Å². The maximum Gasteiger partial charge on any atom is 0.301 e. The zero-order valence-corrected chi connectivity index (χ0v) is 8.18. The van der Waals surface area contributed by atoms with Gasteiger partial charge in [-0.05, 0) is 18.2 Å². The minimum atomic E-state index is -3.26. The summed E-state index contributed by atoms with van der Waals surface area (Å²) >= 11 is 0.709. The molecule has 1 N–H and O–H groups in total. The van der Waals surface area contributed by atoms with Crippen LogP contribution in [0.4, 0.5) is 8.78 Å². The van der Waals surface area contributed by atoms with Crippen LogP contribution < -0.4 is 0 Å². The Hall–Kier alpha value is -0.870. The van der Waals surface area contributed by atoms with Crippen LogP contribution in [0.25, 0.3) is 0 Å². The van der Waals surface area contributed by atoms with E-state index in [9.17, 15) is 13.9 Å². The summed E-state index contributed by atoms with van der Waals surface area (Å²) in [6.07, 6.45) is 0.452. The Morgan fingerprint density at radius 3 is 2.43 bits per heavy atom. The number of alkyl halides is 2. The Morgan fingerprint density at radius 1 is 1.36 bits per heavy atom. The van der Waals surface area contributed by atoms with Gasteiger partial charge in [0.05, 0.1) is 0 Å². The second kappa shape index (κ2) is 4.57. The molecule has 1 aromatic rings. The molecule has 0 saturated heterocycles. The molecule has 0 heterocycles. The molecule has 0 aliphatic rings. The molecule has 1 nitrogen and oxygen atoms in total. The Morgan fingerprint density at radius 2 is 1.93 bits per heavy atom. The van der Waals surface area contributed by atoms with Crippen molar-refractivity contribution in [3.63, 3.8) is 0 Å². The number of hydrogen-bond acceptors (Lipinski definition) is 2. The summed E-state index contributed by atoms with van der Waals surface area (Å²) in [4.78, 5) is 0.599. The molecule has 14 heavy (non-hydrogen) atoms. The van der Waals surface area contributed by atoms with Gasteiger partial charge in [0.15, 0.2) is 5.44 Å². The van der Waals surface area contributed by atoms with Gasteiger partial charge in [0.1, 0.15) is 0 Å². The summed E-state index contributed by atoms with van der Waals surface area (Å²) in [6.45, 7) is 2.97. The zero-order chi connectivity index (χ0) is 10.6. The summed E-state index contributed by atoms with van der Waals surface area (Å²) in [5, 5.41) is 9.17. The largest absolute Gasteiger partial charge is 0.376 e. The topological polar surface area (TPSA) is 20.2 Å². The summed E-state index contributed by atoms with van der Waals surface area (Å²) in [7, 11) is 0. The van der Waals surface area contributed by atoms with E-state index in [2.05, 4.69) is 6.58 Å². The molecule has 0 saturated carbocycles. The predicted octanol–water partition coefficient (Wildman–Crippen LogP) is 2.92. The Kier molecular flexibility index (Phi) is 3.66. The van der Waals surface area contributed by atoms with Crippen LogP contribution in [-0.4, -0.2) is 16.5 Å². The van der Waals surface area contributed by atoms with E-state index in [1.54, 1.807) is 30.3 Å².